The van der Waals surface area contributed by atoms with Gasteiger partial charge in [0.05, 0.1) is 6.42 Å². The molecule has 0 bridgehead atoms. The number of carbonyl (C=O) groups excluding carboxylic acids is 1. The number of rotatable bonds is 4. The van der Waals surface area contributed by atoms with Gasteiger partial charge in [0.25, 0.3) is 0 Å². The Bertz CT molecular complexity index is 594. The Balaban J connectivity index is 1.60. The lowest BCUT2D eigenvalue weighted by Gasteiger charge is -2.04. The van der Waals surface area contributed by atoms with Gasteiger partial charge < -0.3 is 5.32 Å². The zero-order valence-corrected chi connectivity index (χ0v) is 11.5. The van der Waals surface area contributed by atoms with Gasteiger partial charge in [0, 0.05) is 36.6 Å². The first kappa shape index (κ1) is 12.9. The molecule has 6 nitrogen and oxygen atoms in total. The van der Waals surface area contributed by atoms with Crippen LogP contribution in [0.25, 0.3) is 0 Å². The van der Waals surface area contributed by atoms with E-state index in [9.17, 15) is 4.79 Å². The number of aromatic nitrogens is 4. The summed E-state index contributed by atoms with van der Waals surface area (Å²) < 4.78 is 1.70. The molecule has 1 saturated carbocycles. The highest BCUT2D eigenvalue weighted by atomic mass is 16.1. The minimum absolute atomic E-state index is 0.0790. The van der Waals surface area contributed by atoms with Crippen LogP contribution in [0.15, 0.2) is 18.3 Å². The Morgan fingerprint density at radius 1 is 1.60 bits per heavy atom. The molecule has 0 aliphatic heterocycles. The molecule has 105 valence electrons. The minimum atomic E-state index is -0.0790. The van der Waals surface area contributed by atoms with Crippen molar-refractivity contribution in [3.05, 3.63) is 36.1 Å². The Morgan fingerprint density at radius 3 is 3.20 bits per heavy atom. The van der Waals surface area contributed by atoms with Gasteiger partial charge in [0.1, 0.15) is 0 Å². The summed E-state index contributed by atoms with van der Waals surface area (Å²) in [7, 11) is 1.83. The van der Waals surface area contributed by atoms with E-state index in [4.69, 9.17) is 0 Å². The summed E-state index contributed by atoms with van der Waals surface area (Å²) in [5, 5.41) is 14.0. The van der Waals surface area contributed by atoms with Crippen molar-refractivity contribution < 1.29 is 4.79 Å². The van der Waals surface area contributed by atoms with E-state index < -0.39 is 0 Å². The molecule has 1 amide bonds. The van der Waals surface area contributed by atoms with Gasteiger partial charge in [-0.15, -0.1) is 0 Å². The molecule has 6 heteroatoms. The van der Waals surface area contributed by atoms with Crippen molar-refractivity contribution in [3.63, 3.8) is 0 Å². The zero-order valence-electron chi connectivity index (χ0n) is 11.5. The molecule has 3 rings (SSSR count). The number of nitrogens with one attached hydrogen (secondary N) is 2. The molecule has 1 atom stereocenters. The number of hydrogen-bond acceptors (Lipinski definition) is 3. The van der Waals surface area contributed by atoms with Crippen LogP contribution in [0, 0.1) is 6.42 Å². The lowest BCUT2D eigenvalue weighted by atomic mass is 10.0. The maximum Gasteiger partial charge on any atom is 0.231 e. The number of aromatic amines is 1. The SMILES string of the molecule is Cn1nccc1CC(=O)Nc1cc([C@H]2C[CH]CC2)[nH]n1. The van der Waals surface area contributed by atoms with E-state index in [1.54, 1.807) is 10.9 Å². The maximum atomic E-state index is 12.0. The first-order chi connectivity index (χ1) is 9.72. The van der Waals surface area contributed by atoms with Gasteiger partial charge in [0.2, 0.25) is 5.91 Å². The number of nitrogens with zero attached hydrogens (tertiary/aromatic N) is 3. The lowest BCUT2D eigenvalue weighted by molar-refractivity contribution is -0.115. The van der Waals surface area contributed by atoms with Crippen LogP contribution < -0.4 is 5.32 Å². The van der Waals surface area contributed by atoms with Crippen molar-refractivity contribution in [1.82, 2.24) is 20.0 Å². The van der Waals surface area contributed by atoms with Gasteiger partial charge in [-0.2, -0.15) is 10.2 Å². The highest BCUT2D eigenvalue weighted by molar-refractivity contribution is 5.91. The van der Waals surface area contributed by atoms with Crippen LogP contribution in [-0.2, 0) is 18.3 Å². The first-order valence-corrected chi connectivity index (χ1v) is 6.86. The third-order valence-electron chi connectivity index (χ3n) is 3.74. The van der Waals surface area contributed by atoms with Gasteiger partial charge in [-0.25, -0.2) is 0 Å². The number of anilines is 1. The normalized spacial score (nSPS) is 15.7. The Kier molecular flexibility index (Phi) is 3.54. The number of aryl methyl sites for hydroxylation is 1. The number of amides is 1. The van der Waals surface area contributed by atoms with E-state index in [2.05, 4.69) is 27.0 Å². The van der Waals surface area contributed by atoms with Crippen molar-refractivity contribution in [1.29, 1.82) is 0 Å². The van der Waals surface area contributed by atoms with Crippen LogP contribution >= 0.6 is 0 Å². The van der Waals surface area contributed by atoms with E-state index in [0.717, 1.165) is 30.7 Å². The molecule has 0 aromatic carbocycles. The van der Waals surface area contributed by atoms with E-state index in [0.29, 0.717) is 18.2 Å². The number of H-pyrrole nitrogens is 1. The lowest BCUT2D eigenvalue weighted by Crippen LogP contribution is -2.16. The fourth-order valence-electron chi connectivity index (χ4n) is 2.57. The average molecular weight is 272 g/mol. The van der Waals surface area contributed by atoms with Crippen LogP contribution in [0.3, 0.4) is 0 Å². The molecule has 2 heterocycles. The summed E-state index contributed by atoms with van der Waals surface area (Å²) in [5.74, 6) is 1.04. The molecule has 1 fully saturated rings. The van der Waals surface area contributed by atoms with Crippen molar-refractivity contribution >= 4 is 11.7 Å². The topological polar surface area (TPSA) is 75.6 Å². The zero-order chi connectivity index (χ0) is 13.9. The monoisotopic (exact) mass is 272 g/mol. The predicted molar refractivity (Wildman–Crippen MR) is 75.0 cm³/mol. The van der Waals surface area contributed by atoms with Gasteiger partial charge in [-0.05, 0) is 31.7 Å². The molecule has 0 unspecified atom stereocenters. The predicted octanol–water partition coefficient (Wildman–Crippen LogP) is 1.80. The number of carbonyl (C=O) groups is 1. The maximum absolute atomic E-state index is 12.0. The first-order valence-electron chi connectivity index (χ1n) is 6.86. The standard InChI is InChI=1S/C14H18N5O/c1-19-11(6-7-15-19)8-14(20)16-13-9-12(17-18-13)10-4-2-3-5-10/h2,6-7,9-10H,3-5,8H2,1H3,(H2,16,17,18,20)/t10-/m0/s1. The quantitative estimate of drug-likeness (QED) is 0.891. The second kappa shape index (κ2) is 5.48. The summed E-state index contributed by atoms with van der Waals surface area (Å²) in [6.07, 6.45) is 7.69. The molecule has 1 radical (unpaired) electrons. The summed E-state index contributed by atoms with van der Waals surface area (Å²) in [4.78, 5) is 12.0. The Morgan fingerprint density at radius 2 is 2.50 bits per heavy atom. The third kappa shape index (κ3) is 2.74. The Labute approximate surface area is 117 Å². The summed E-state index contributed by atoms with van der Waals surface area (Å²) >= 11 is 0. The van der Waals surface area contributed by atoms with Crippen LogP contribution in [0.2, 0.25) is 0 Å². The molecular weight excluding hydrogens is 254 g/mol. The fraction of sp³-hybridized carbons (Fsp3) is 0.429. The largest absolute Gasteiger partial charge is 0.309 e. The highest BCUT2D eigenvalue weighted by Crippen LogP contribution is 2.32. The van der Waals surface area contributed by atoms with Gasteiger partial charge >= 0.3 is 0 Å². The molecule has 0 saturated heterocycles. The van der Waals surface area contributed by atoms with Crippen molar-refractivity contribution in [2.24, 2.45) is 7.05 Å². The average Bonchev–Trinajstić information content (AvgIpc) is 3.12. The van der Waals surface area contributed by atoms with Gasteiger partial charge in [0.15, 0.2) is 5.82 Å². The van der Waals surface area contributed by atoms with Crippen LogP contribution in [0.5, 0.6) is 0 Å². The van der Waals surface area contributed by atoms with E-state index in [1.165, 1.54) is 0 Å². The molecule has 2 aromatic rings. The molecule has 1 aliphatic rings. The number of hydrogen-bond donors (Lipinski definition) is 2. The smallest absolute Gasteiger partial charge is 0.231 e. The van der Waals surface area contributed by atoms with Crippen molar-refractivity contribution in [2.45, 2.75) is 31.6 Å². The van der Waals surface area contributed by atoms with Crippen molar-refractivity contribution in [3.8, 4) is 0 Å². The van der Waals surface area contributed by atoms with Crippen molar-refractivity contribution in [2.75, 3.05) is 5.32 Å². The summed E-state index contributed by atoms with van der Waals surface area (Å²) in [6, 6.07) is 3.77. The fourth-order valence-corrected chi connectivity index (χ4v) is 2.57. The minimum Gasteiger partial charge on any atom is -0.309 e. The second-order valence-electron chi connectivity index (χ2n) is 5.18. The van der Waals surface area contributed by atoms with E-state index in [-0.39, 0.29) is 5.91 Å². The highest BCUT2D eigenvalue weighted by Gasteiger charge is 2.19. The summed E-state index contributed by atoms with van der Waals surface area (Å²) in [5.41, 5.74) is 1.98. The van der Waals surface area contributed by atoms with Gasteiger partial charge in [-0.3, -0.25) is 14.6 Å². The third-order valence-corrected chi connectivity index (χ3v) is 3.74. The molecule has 2 N–H and O–H groups in total. The molecule has 20 heavy (non-hydrogen) atoms. The van der Waals surface area contributed by atoms with Crippen LogP contribution in [-0.4, -0.2) is 25.9 Å². The summed E-state index contributed by atoms with van der Waals surface area (Å²) in [6.45, 7) is 0. The van der Waals surface area contributed by atoms with E-state index >= 15 is 0 Å². The Hall–Kier alpha value is -2.11. The molecule has 0 spiro atoms. The molecule has 2 aromatic heterocycles. The molecular formula is C14H18N5O. The van der Waals surface area contributed by atoms with Gasteiger partial charge in [-0.1, -0.05) is 0 Å². The van der Waals surface area contributed by atoms with Crippen LogP contribution in [0.4, 0.5) is 5.82 Å². The van der Waals surface area contributed by atoms with E-state index in [1.807, 2.05) is 19.2 Å². The van der Waals surface area contributed by atoms with Crippen LogP contribution in [0.1, 0.15) is 36.6 Å². The molecule has 1 aliphatic carbocycles. The second-order valence-corrected chi connectivity index (χ2v) is 5.18.